The molecule has 0 aliphatic carbocycles. The number of nitrogens with one attached hydrogen (secondary N) is 1. The number of carbonyl (C=O) groups excluding carboxylic acids is 1. The Bertz CT molecular complexity index is 919. The van der Waals surface area contributed by atoms with Gasteiger partial charge >= 0.3 is 0 Å². The van der Waals surface area contributed by atoms with Crippen molar-refractivity contribution in [3.63, 3.8) is 0 Å². The van der Waals surface area contributed by atoms with E-state index in [1.807, 2.05) is 19.1 Å². The first kappa shape index (κ1) is 16.4. The van der Waals surface area contributed by atoms with Crippen molar-refractivity contribution in [3.8, 4) is 11.3 Å². The maximum Gasteiger partial charge on any atom is 0.291 e. The van der Waals surface area contributed by atoms with Crippen LogP contribution >= 0.6 is 23.2 Å². The van der Waals surface area contributed by atoms with Gasteiger partial charge < -0.3 is 15.5 Å². The molecule has 0 unspecified atom stereocenters. The second-order valence-electron chi connectivity index (χ2n) is 5.31. The van der Waals surface area contributed by atoms with Gasteiger partial charge in [0.25, 0.3) is 5.91 Å². The molecule has 0 saturated carbocycles. The number of rotatable bonds is 3. The van der Waals surface area contributed by atoms with Gasteiger partial charge in [-0.05, 0) is 48.9 Å². The van der Waals surface area contributed by atoms with Crippen LogP contribution in [0.1, 0.15) is 16.1 Å². The van der Waals surface area contributed by atoms with Gasteiger partial charge in [0.05, 0.1) is 11.4 Å². The zero-order valence-electron chi connectivity index (χ0n) is 12.8. The van der Waals surface area contributed by atoms with Gasteiger partial charge in [-0.1, -0.05) is 35.3 Å². The summed E-state index contributed by atoms with van der Waals surface area (Å²) in [5.41, 5.74) is 8.46. The first-order valence-electron chi connectivity index (χ1n) is 7.17. The average molecular weight is 361 g/mol. The second-order valence-corrected chi connectivity index (χ2v) is 6.16. The van der Waals surface area contributed by atoms with E-state index >= 15 is 0 Å². The summed E-state index contributed by atoms with van der Waals surface area (Å²) in [4.78, 5) is 12.3. The number of benzene rings is 2. The van der Waals surface area contributed by atoms with Gasteiger partial charge in [-0.3, -0.25) is 4.79 Å². The standard InChI is InChI=1S/C18H14Cl2N2O2/c1-10-2-3-11(8-13(10)20)16-6-7-17(24-16)18(23)22-15-5-4-12(19)9-14(15)21/h2-9H,21H2,1H3,(H,22,23). The van der Waals surface area contributed by atoms with Gasteiger partial charge in [-0.15, -0.1) is 0 Å². The molecule has 0 saturated heterocycles. The normalized spacial score (nSPS) is 10.6. The maximum absolute atomic E-state index is 12.3. The number of anilines is 2. The molecule has 3 N–H and O–H groups in total. The SMILES string of the molecule is Cc1ccc(-c2ccc(C(=O)Nc3ccc(Cl)cc3N)o2)cc1Cl. The van der Waals surface area contributed by atoms with E-state index in [1.165, 1.54) is 0 Å². The molecule has 3 rings (SSSR count). The fourth-order valence-electron chi connectivity index (χ4n) is 2.19. The third-order valence-electron chi connectivity index (χ3n) is 3.55. The van der Waals surface area contributed by atoms with Crippen molar-refractivity contribution in [3.05, 3.63) is 69.9 Å². The van der Waals surface area contributed by atoms with Gasteiger partial charge in [0.2, 0.25) is 0 Å². The summed E-state index contributed by atoms with van der Waals surface area (Å²) < 4.78 is 5.62. The predicted molar refractivity (Wildman–Crippen MR) is 97.7 cm³/mol. The number of nitrogens with two attached hydrogens (primary N) is 1. The lowest BCUT2D eigenvalue weighted by atomic mass is 10.1. The zero-order chi connectivity index (χ0) is 17.3. The smallest absolute Gasteiger partial charge is 0.291 e. The first-order chi connectivity index (χ1) is 11.4. The van der Waals surface area contributed by atoms with Gasteiger partial charge in [0.1, 0.15) is 5.76 Å². The van der Waals surface area contributed by atoms with Crippen molar-refractivity contribution >= 4 is 40.5 Å². The van der Waals surface area contributed by atoms with E-state index in [-0.39, 0.29) is 5.76 Å². The monoisotopic (exact) mass is 360 g/mol. The predicted octanol–water partition coefficient (Wildman–Crippen LogP) is 5.40. The first-order valence-corrected chi connectivity index (χ1v) is 7.92. The van der Waals surface area contributed by atoms with Crippen LogP contribution in [0.2, 0.25) is 10.0 Å². The topological polar surface area (TPSA) is 68.3 Å². The Morgan fingerprint density at radius 2 is 1.88 bits per heavy atom. The molecular weight excluding hydrogens is 347 g/mol. The number of furan rings is 1. The van der Waals surface area contributed by atoms with Crippen molar-refractivity contribution < 1.29 is 9.21 Å². The van der Waals surface area contributed by atoms with E-state index in [0.29, 0.717) is 27.2 Å². The van der Waals surface area contributed by atoms with Crippen molar-refractivity contribution in [2.75, 3.05) is 11.1 Å². The molecule has 0 bridgehead atoms. The molecule has 122 valence electrons. The molecule has 4 nitrogen and oxygen atoms in total. The fraction of sp³-hybridized carbons (Fsp3) is 0.0556. The summed E-state index contributed by atoms with van der Waals surface area (Å²) in [6, 6.07) is 13.8. The Kier molecular flexibility index (Phi) is 4.51. The minimum absolute atomic E-state index is 0.177. The largest absolute Gasteiger partial charge is 0.451 e. The average Bonchev–Trinajstić information content (AvgIpc) is 3.03. The number of carbonyl (C=O) groups is 1. The highest BCUT2D eigenvalue weighted by Crippen LogP contribution is 2.28. The van der Waals surface area contributed by atoms with Crippen LogP contribution in [-0.2, 0) is 0 Å². The minimum atomic E-state index is -0.395. The van der Waals surface area contributed by atoms with Crippen LogP contribution < -0.4 is 11.1 Å². The van der Waals surface area contributed by atoms with Gasteiger partial charge in [-0.2, -0.15) is 0 Å². The molecule has 2 aromatic carbocycles. The Hall–Kier alpha value is -2.43. The van der Waals surface area contributed by atoms with Crippen molar-refractivity contribution in [1.29, 1.82) is 0 Å². The molecule has 0 radical (unpaired) electrons. The van der Waals surface area contributed by atoms with Crippen LogP contribution in [0, 0.1) is 6.92 Å². The highest BCUT2D eigenvalue weighted by atomic mass is 35.5. The maximum atomic E-state index is 12.3. The molecule has 1 aromatic heterocycles. The fourth-order valence-corrected chi connectivity index (χ4v) is 2.55. The number of aryl methyl sites for hydroxylation is 1. The summed E-state index contributed by atoms with van der Waals surface area (Å²) in [5, 5.41) is 3.84. The van der Waals surface area contributed by atoms with Crippen molar-refractivity contribution in [2.24, 2.45) is 0 Å². The number of halogens is 2. The van der Waals surface area contributed by atoms with Crippen LogP contribution in [-0.4, -0.2) is 5.91 Å². The molecule has 6 heteroatoms. The number of nitrogen functional groups attached to an aromatic ring is 1. The molecule has 0 atom stereocenters. The Morgan fingerprint density at radius 1 is 1.08 bits per heavy atom. The third kappa shape index (κ3) is 3.40. The van der Waals surface area contributed by atoms with Gasteiger partial charge in [0.15, 0.2) is 5.76 Å². The van der Waals surface area contributed by atoms with E-state index < -0.39 is 5.91 Å². The van der Waals surface area contributed by atoms with Crippen LogP contribution in [0.25, 0.3) is 11.3 Å². The van der Waals surface area contributed by atoms with Gasteiger partial charge in [0, 0.05) is 15.6 Å². The Morgan fingerprint density at radius 3 is 2.58 bits per heavy atom. The second kappa shape index (κ2) is 6.59. The Labute approximate surface area is 149 Å². The summed E-state index contributed by atoms with van der Waals surface area (Å²) >= 11 is 12.0. The third-order valence-corrected chi connectivity index (χ3v) is 4.19. The van der Waals surface area contributed by atoms with Crippen LogP contribution in [0.3, 0.4) is 0 Å². The number of hydrogen-bond acceptors (Lipinski definition) is 3. The van der Waals surface area contributed by atoms with Crippen LogP contribution in [0.4, 0.5) is 11.4 Å². The molecule has 1 heterocycles. The van der Waals surface area contributed by atoms with E-state index in [2.05, 4.69) is 5.32 Å². The molecule has 0 fully saturated rings. The van der Waals surface area contributed by atoms with Crippen molar-refractivity contribution in [1.82, 2.24) is 0 Å². The molecular formula is C18H14Cl2N2O2. The lowest BCUT2D eigenvalue weighted by Gasteiger charge is -2.07. The summed E-state index contributed by atoms with van der Waals surface area (Å²) in [7, 11) is 0. The number of hydrogen-bond donors (Lipinski definition) is 2. The molecule has 0 spiro atoms. The Balaban J connectivity index is 1.82. The van der Waals surface area contributed by atoms with E-state index in [9.17, 15) is 4.79 Å². The quantitative estimate of drug-likeness (QED) is 0.614. The lowest BCUT2D eigenvalue weighted by molar-refractivity contribution is 0.0997. The van der Waals surface area contributed by atoms with E-state index in [4.69, 9.17) is 33.4 Å². The number of amides is 1. The minimum Gasteiger partial charge on any atom is -0.451 e. The summed E-state index contributed by atoms with van der Waals surface area (Å²) in [6.45, 7) is 1.92. The molecule has 0 aliphatic heterocycles. The lowest BCUT2D eigenvalue weighted by Crippen LogP contribution is -2.12. The van der Waals surface area contributed by atoms with Crippen LogP contribution in [0.15, 0.2) is 52.9 Å². The molecule has 24 heavy (non-hydrogen) atoms. The highest BCUT2D eigenvalue weighted by molar-refractivity contribution is 6.31. The van der Waals surface area contributed by atoms with E-state index in [1.54, 1.807) is 36.4 Å². The molecule has 3 aromatic rings. The summed E-state index contributed by atoms with van der Waals surface area (Å²) in [6.07, 6.45) is 0. The summed E-state index contributed by atoms with van der Waals surface area (Å²) in [5.74, 6) is 0.343. The van der Waals surface area contributed by atoms with Crippen molar-refractivity contribution in [2.45, 2.75) is 6.92 Å². The van der Waals surface area contributed by atoms with Crippen LogP contribution in [0.5, 0.6) is 0 Å². The molecule has 0 aliphatic rings. The molecule has 1 amide bonds. The zero-order valence-corrected chi connectivity index (χ0v) is 14.3. The highest BCUT2D eigenvalue weighted by Gasteiger charge is 2.14. The van der Waals surface area contributed by atoms with Gasteiger partial charge in [-0.25, -0.2) is 0 Å². The van der Waals surface area contributed by atoms with E-state index in [0.717, 1.165) is 11.1 Å².